The summed E-state index contributed by atoms with van der Waals surface area (Å²) in [6, 6.07) is 0. The van der Waals surface area contributed by atoms with Crippen molar-refractivity contribution in [2.75, 3.05) is 26.3 Å². The zero-order valence-electron chi connectivity index (χ0n) is 11.5. The minimum absolute atomic E-state index is 0.0797. The lowest BCUT2D eigenvalue weighted by Gasteiger charge is -2.26. The predicted molar refractivity (Wildman–Crippen MR) is 73.5 cm³/mol. The summed E-state index contributed by atoms with van der Waals surface area (Å²) in [7, 11) is 0. The highest BCUT2D eigenvalue weighted by Gasteiger charge is 2.20. The van der Waals surface area contributed by atoms with Crippen molar-refractivity contribution in [3.8, 4) is 0 Å². The van der Waals surface area contributed by atoms with Crippen molar-refractivity contribution in [1.82, 2.24) is 18.9 Å². The number of carbonyl (C=O) groups is 1. The number of nitro groups is 1. The van der Waals surface area contributed by atoms with Crippen molar-refractivity contribution in [1.29, 1.82) is 0 Å². The Hall–Kier alpha value is -2.75. The third-order valence-electron chi connectivity index (χ3n) is 3.44. The van der Waals surface area contributed by atoms with E-state index < -0.39 is 16.3 Å². The van der Waals surface area contributed by atoms with Crippen LogP contribution in [0.1, 0.15) is 0 Å². The van der Waals surface area contributed by atoms with E-state index in [-0.39, 0.29) is 18.1 Å². The van der Waals surface area contributed by atoms with Gasteiger partial charge in [-0.15, -0.1) is 0 Å². The van der Waals surface area contributed by atoms with E-state index in [1.807, 2.05) is 0 Å². The maximum atomic E-state index is 12.2. The summed E-state index contributed by atoms with van der Waals surface area (Å²) >= 11 is 0. The molecule has 3 heterocycles. The van der Waals surface area contributed by atoms with E-state index in [1.54, 1.807) is 4.90 Å². The molecule has 10 nitrogen and oxygen atoms in total. The third-order valence-corrected chi connectivity index (χ3v) is 3.44. The van der Waals surface area contributed by atoms with Gasteiger partial charge in [0.1, 0.15) is 12.7 Å². The minimum atomic E-state index is -0.671. The Morgan fingerprint density at radius 2 is 2.09 bits per heavy atom. The summed E-state index contributed by atoms with van der Waals surface area (Å²) in [6.45, 7) is 1.81. The first-order valence-corrected chi connectivity index (χ1v) is 6.64. The fourth-order valence-corrected chi connectivity index (χ4v) is 2.27. The molecule has 116 valence electrons. The lowest BCUT2D eigenvalue weighted by molar-refractivity contribution is -0.389. The van der Waals surface area contributed by atoms with E-state index in [9.17, 15) is 19.7 Å². The molecule has 0 aliphatic carbocycles. The van der Waals surface area contributed by atoms with E-state index >= 15 is 0 Å². The summed E-state index contributed by atoms with van der Waals surface area (Å²) in [5, 5.41) is 10.7. The number of aromatic nitrogens is 3. The van der Waals surface area contributed by atoms with Gasteiger partial charge >= 0.3 is 17.0 Å². The molecule has 0 N–H and O–H groups in total. The van der Waals surface area contributed by atoms with Crippen LogP contribution in [0.15, 0.2) is 23.4 Å². The molecular weight excluding hydrogens is 294 g/mol. The van der Waals surface area contributed by atoms with Gasteiger partial charge in [-0.05, 0) is 9.91 Å². The average molecular weight is 307 g/mol. The van der Waals surface area contributed by atoms with Crippen LogP contribution in [0.2, 0.25) is 0 Å². The zero-order chi connectivity index (χ0) is 15.7. The molecule has 22 heavy (non-hydrogen) atoms. The fourth-order valence-electron chi connectivity index (χ4n) is 2.27. The molecule has 10 heteroatoms. The summed E-state index contributed by atoms with van der Waals surface area (Å²) in [6.07, 6.45) is 4.04. The number of amides is 1. The van der Waals surface area contributed by atoms with Gasteiger partial charge < -0.3 is 19.8 Å². The second-order valence-corrected chi connectivity index (χ2v) is 4.81. The van der Waals surface area contributed by atoms with Gasteiger partial charge in [-0.25, -0.2) is 0 Å². The molecule has 1 aliphatic heterocycles. The van der Waals surface area contributed by atoms with Crippen LogP contribution in [-0.4, -0.2) is 56.0 Å². The van der Waals surface area contributed by atoms with Crippen molar-refractivity contribution >= 4 is 17.4 Å². The Morgan fingerprint density at radius 1 is 1.36 bits per heavy atom. The maximum Gasteiger partial charge on any atom is 0.382 e. The van der Waals surface area contributed by atoms with Gasteiger partial charge in [0.25, 0.3) is 0 Å². The third kappa shape index (κ3) is 2.55. The minimum Gasteiger partial charge on any atom is -0.378 e. The Balaban J connectivity index is 1.87. The molecule has 1 amide bonds. The van der Waals surface area contributed by atoms with Crippen molar-refractivity contribution < 1.29 is 14.5 Å². The number of hydrogen-bond donors (Lipinski definition) is 0. The SMILES string of the molecule is O=C(Cn1ccn2cc([N+](=O)[O-])nc2c1=O)N1CCOCC1. The number of fused-ring (bicyclic) bond motifs is 1. The van der Waals surface area contributed by atoms with E-state index in [4.69, 9.17) is 4.74 Å². The molecular formula is C12H13N5O5. The summed E-state index contributed by atoms with van der Waals surface area (Å²) in [4.78, 5) is 39.7. The monoisotopic (exact) mass is 307 g/mol. The smallest absolute Gasteiger partial charge is 0.378 e. The van der Waals surface area contributed by atoms with Crippen molar-refractivity contribution in [3.63, 3.8) is 0 Å². The molecule has 0 aromatic carbocycles. The normalized spacial score (nSPS) is 15.2. The first kappa shape index (κ1) is 14.2. The molecule has 0 saturated carbocycles. The van der Waals surface area contributed by atoms with Crippen LogP contribution in [0, 0.1) is 10.1 Å². The lowest BCUT2D eigenvalue weighted by Crippen LogP contribution is -2.43. The van der Waals surface area contributed by atoms with Crippen LogP contribution in [0.25, 0.3) is 5.65 Å². The van der Waals surface area contributed by atoms with Gasteiger partial charge in [-0.3, -0.25) is 18.6 Å². The van der Waals surface area contributed by atoms with E-state index in [1.165, 1.54) is 21.4 Å². The highest BCUT2D eigenvalue weighted by atomic mass is 16.6. The number of ether oxygens (including phenoxy) is 1. The first-order chi connectivity index (χ1) is 10.6. The number of imidazole rings is 1. The van der Waals surface area contributed by atoms with Gasteiger partial charge in [-0.1, -0.05) is 0 Å². The molecule has 0 unspecified atom stereocenters. The predicted octanol–water partition coefficient (Wildman–Crippen LogP) is -0.737. The van der Waals surface area contributed by atoms with Crippen molar-refractivity contribution in [3.05, 3.63) is 39.1 Å². The summed E-state index contributed by atoms with van der Waals surface area (Å²) < 4.78 is 7.64. The number of rotatable bonds is 3. The topological polar surface area (TPSA) is 112 Å². The molecule has 2 aromatic rings. The van der Waals surface area contributed by atoms with Gasteiger partial charge in [0.15, 0.2) is 0 Å². The Bertz CT molecular complexity index is 789. The van der Waals surface area contributed by atoms with Gasteiger partial charge in [0.2, 0.25) is 5.91 Å². The Morgan fingerprint density at radius 3 is 2.77 bits per heavy atom. The van der Waals surface area contributed by atoms with Crippen LogP contribution >= 0.6 is 0 Å². The zero-order valence-corrected chi connectivity index (χ0v) is 11.5. The second-order valence-electron chi connectivity index (χ2n) is 4.81. The maximum absolute atomic E-state index is 12.2. The average Bonchev–Trinajstić information content (AvgIpc) is 2.96. The summed E-state index contributed by atoms with van der Waals surface area (Å²) in [5.41, 5.74) is -0.624. The molecule has 0 radical (unpaired) electrons. The van der Waals surface area contributed by atoms with Crippen LogP contribution in [0.3, 0.4) is 0 Å². The molecule has 1 saturated heterocycles. The van der Waals surface area contributed by atoms with Crippen molar-refractivity contribution in [2.24, 2.45) is 0 Å². The number of nitrogens with zero attached hydrogens (tertiary/aromatic N) is 5. The van der Waals surface area contributed by atoms with E-state index in [2.05, 4.69) is 4.98 Å². The van der Waals surface area contributed by atoms with Gasteiger partial charge in [0.05, 0.1) is 13.2 Å². The van der Waals surface area contributed by atoms with Crippen molar-refractivity contribution in [2.45, 2.75) is 6.54 Å². The summed E-state index contributed by atoms with van der Waals surface area (Å²) in [5.74, 6) is -0.606. The van der Waals surface area contributed by atoms with Crippen LogP contribution in [-0.2, 0) is 16.1 Å². The van der Waals surface area contributed by atoms with Gasteiger partial charge in [0, 0.05) is 25.5 Å². The lowest BCUT2D eigenvalue weighted by atomic mass is 10.4. The highest BCUT2D eigenvalue weighted by molar-refractivity contribution is 5.76. The molecule has 1 aliphatic rings. The molecule has 3 rings (SSSR count). The molecule has 2 aromatic heterocycles. The second kappa shape index (κ2) is 5.56. The fraction of sp³-hybridized carbons (Fsp3) is 0.417. The number of carbonyl (C=O) groups excluding carboxylic acids is 1. The number of hydrogen-bond acceptors (Lipinski definition) is 6. The Labute approximate surface area is 123 Å². The van der Waals surface area contributed by atoms with Crippen LogP contribution in [0.5, 0.6) is 0 Å². The quantitative estimate of drug-likeness (QED) is 0.545. The van der Waals surface area contributed by atoms with E-state index in [0.717, 1.165) is 6.20 Å². The van der Waals surface area contributed by atoms with E-state index in [0.29, 0.717) is 26.3 Å². The molecule has 0 atom stereocenters. The molecule has 0 spiro atoms. The van der Waals surface area contributed by atoms with Crippen LogP contribution < -0.4 is 5.56 Å². The highest BCUT2D eigenvalue weighted by Crippen LogP contribution is 2.08. The number of morpholine rings is 1. The first-order valence-electron chi connectivity index (χ1n) is 6.64. The standard InChI is InChI=1S/C12H13N5O5/c18-10(14-3-5-22-6-4-14)8-16-2-1-15-7-9(17(20)21)13-11(15)12(16)19/h1-2,7H,3-6,8H2. The molecule has 0 bridgehead atoms. The molecule has 1 fully saturated rings. The van der Waals surface area contributed by atoms with Crippen LogP contribution in [0.4, 0.5) is 5.82 Å². The Kier molecular flexibility index (Phi) is 3.59. The van der Waals surface area contributed by atoms with Gasteiger partial charge in [-0.2, -0.15) is 0 Å². The largest absolute Gasteiger partial charge is 0.382 e.